The number of hydrogen-bond acceptors (Lipinski definition) is 7. The molecule has 7 nitrogen and oxygen atoms in total. The van der Waals surface area contributed by atoms with Gasteiger partial charge in [-0.2, -0.15) is 8.78 Å². The Balaban J connectivity index is 1.17. The summed E-state index contributed by atoms with van der Waals surface area (Å²) >= 11 is 1.20. The summed E-state index contributed by atoms with van der Waals surface area (Å²) in [5.74, 6) is 0.382. The summed E-state index contributed by atoms with van der Waals surface area (Å²) in [6.45, 7) is 4.36. The molecule has 2 aliphatic rings. The molecule has 0 amide bonds. The van der Waals surface area contributed by atoms with Gasteiger partial charge in [0.2, 0.25) is 0 Å². The summed E-state index contributed by atoms with van der Waals surface area (Å²) in [6, 6.07) is 9.21. The second-order valence-electron chi connectivity index (χ2n) is 9.97. The molecule has 202 valence electrons. The monoisotopic (exact) mass is 555 g/mol. The molecule has 2 aliphatic carbocycles. The number of aromatic nitrogens is 2. The highest BCUT2D eigenvalue weighted by atomic mass is 32.1. The molecule has 2 heterocycles. The van der Waals surface area contributed by atoms with Crippen molar-refractivity contribution >= 4 is 27.2 Å². The Kier molecular flexibility index (Phi) is 6.79. The summed E-state index contributed by atoms with van der Waals surface area (Å²) in [4.78, 5) is 7.66. The molecular weight excluding hydrogens is 531 g/mol. The fourth-order valence-electron chi connectivity index (χ4n) is 5.09. The van der Waals surface area contributed by atoms with Crippen molar-refractivity contribution in [3.8, 4) is 17.0 Å². The highest BCUT2D eigenvalue weighted by Crippen LogP contribution is 2.46. The highest BCUT2D eigenvalue weighted by molar-refractivity contribution is 7.18. The van der Waals surface area contributed by atoms with Crippen LogP contribution in [0.15, 0.2) is 40.9 Å². The quantitative estimate of drug-likeness (QED) is 0.227. The average Bonchev–Trinajstić information content (AvgIpc) is 3.52. The Morgan fingerprint density at radius 3 is 2.67 bits per heavy atom. The highest BCUT2D eigenvalue weighted by Gasteiger charge is 2.39. The van der Waals surface area contributed by atoms with Crippen LogP contribution < -0.4 is 4.74 Å². The third-order valence-corrected chi connectivity index (χ3v) is 8.50. The lowest BCUT2D eigenvalue weighted by atomic mass is 9.83. The molecule has 6 rings (SSSR count). The zero-order chi connectivity index (χ0) is 27.1. The summed E-state index contributed by atoms with van der Waals surface area (Å²) < 4.78 is 57.6. The van der Waals surface area contributed by atoms with Crippen LogP contribution in [-0.4, -0.2) is 28.0 Å². The number of thiazole rings is 1. The van der Waals surface area contributed by atoms with Crippen molar-refractivity contribution in [1.82, 2.24) is 10.1 Å². The van der Waals surface area contributed by atoms with Gasteiger partial charge in [0.25, 0.3) is 0 Å². The number of benzene rings is 2. The number of rotatable bonds is 8. The maximum absolute atomic E-state index is 14.4. The SMILES string of the molecule is [C-]#[N+]c1cc(F)c2nc(C3(O)CCC(OCc4c(-c5ccccc5OC(F)F)noc4C4CC4)CC3)sc2c1. The van der Waals surface area contributed by atoms with Crippen LogP contribution in [0.25, 0.3) is 26.3 Å². The molecule has 11 heteroatoms. The predicted octanol–water partition coefficient (Wildman–Crippen LogP) is 7.47. The van der Waals surface area contributed by atoms with Gasteiger partial charge in [-0.3, -0.25) is 0 Å². The molecule has 39 heavy (non-hydrogen) atoms. The topological polar surface area (TPSA) is 82.0 Å². The van der Waals surface area contributed by atoms with Gasteiger partial charge in [-0.15, -0.1) is 11.3 Å². The van der Waals surface area contributed by atoms with Crippen molar-refractivity contribution in [2.75, 3.05) is 0 Å². The van der Waals surface area contributed by atoms with E-state index in [1.807, 2.05) is 0 Å². The summed E-state index contributed by atoms with van der Waals surface area (Å²) in [6.07, 6.45) is 3.63. The first-order valence-corrected chi connectivity index (χ1v) is 13.5. The van der Waals surface area contributed by atoms with Crippen LogP contribution in [-0.2, 0) is 16.9 Å². The molecule has 2 aromatic heterocycles. The van der Waals surface area contributed by atoms with Gasteiger partial charge in [-0.1, -0.05) is 17.3 Å². The lowest BCUT2D eigenvalue weighted by Crippen LogP contribution is -2.34. The average molecular weight is 556 g/mol. The minimum Gasteiger partial charge on any atom is -0.434 e. The van der Waals surface area contributed by atoms with Crippen molar-refractivity contribution in [3.63, 3.8) is 0 Å². The molecule has 0 aliphatic heterocycles. The van der Waals surface area contributed by atoms with E-state index >= 15 is 0 Å². The minimum absolute atomic E-state index is 0.0166. The number of ether oxygens (including phenoxy) is 2. The summed E-state index contributed by atoms with van der Waals surface area (Å²) in [5.41, 5.74) is 0.715. The van der Waals surface area contributed by atoms with Crippen LogP contribution >= 0.6 is 11.3 Å². The van der Waals surface area contributed by atoms with E-state index in [0.29, 0.717) is 52.4 Å². The van der Waals surface area contributed by atoms with E-state index in [0.717, 1.165) is 24.5 Å². The molecule has 0 spiro atoms. The van der Waals surface area contributed by atoms with Crippen molar-refractivity contribution in [2.45, 2.75) is 69.4 Å². The molecule has 2 saturated carbocycles. The van der Waals surface area contributed by atoms with Crippen LogP contribution in [0.3, 0.4) is 0 Å². The number of fused-ring (bicyclic) bond motifs is 1. The van der Waals surface area contributed by atoms with Crippen LogP contribution in [0.5, 0.6) is 5.75 Å². The third kappa shape index (κ3) is 5.12. The van der Waals surface area contributed by atoms with Crippen LogP contribution in [0.1, 0.15) is 60.8 Å². The van der Waals surface area contributed by atoms with E-state index in [1.165, 1.54) is 17.4 Å². The first kappa shape index (κ1) is 25.8. The molecular formula is C28H24F3N3O4S. The zero-order valence-corrected chi connectivity index (χ0v) is 21.5. The molecule has 0 bridgehead atoms. The van der Waals surface area contributed by atoms with E-state index in [1.54, 1.807) is 24.3 Å². The van der Waals surface area contributed by atoms with Gasteiger partial charge >= 0.3 is 6.61 Å². The van der Waals surface area contributed by atoms with Crippen molar-refractivity contribution in [3.05, 3.63) is 70.0 Å². The first-order chi connectivity index (χ1) is 18.8. The lowest BCUT2D eigenvalue weighted by Gasteiger charge is -2.34. The Labute approximate surface area is 226 Å². The molecule has 0 radical (unpaired) electrons. The van der Waals surface area contributed by atoms with Gasteiger partial charge in [-0.05, 0) is 62.8 Å². The second-order valence-corrected chi connectivity index (χ2v) is 11.0. The zero-order valence-electron chi connectivity index (χ0n) is 20.7. The van der Waals surface area contributed by atoms with Gasteiger partial charge in [0, 0.05) is 21.7 Å². The molecule has 1 N–H and O–H groups in total. The van der Waals surface area contributed by atoms with E-state index in [2.05, 4.69) is 15.0 Å². The number of nitrogens with zero attached hydrogens (tertiary/aromatic N) is 3. The van der Waals surface area contributed by atoms with Gasteiger partial charge in [0.05, 0.1) is 19.3 Å². The predicted molar refractivity (Wildman–Crippen MR) is 137 cm³/mol. The first-order valence-electron chi connectivity index (χ1n) is 12.7. The van der Waals surface area contributed by atoms with Gasteiger partial charge in [-0.25, -0.2) is 14.2 Å². The maximum Gasteiger partial charge on any atom is 0.387 e. The summed E-state index contributed by atoms with van der Waals surface area (Å²) in [7, 11) is 0. The Hall–Kier alpha value is -3.46. The largest absolute Gasteiger partial charge is 0.434 e. The van der Waals surface area contributed by atoms with Crippen molar-refractivity contribution in [1.29, 1.82) is 0 Å². The normalized spacial score (nSPS) is 21.4. The molecule has 2 aromatic carbocycles. The summed E-state index contributed by atoms with van der Waals surface area (Å²) in [5, 5.41) is 16.0. The van der Waals surface area contributed by atoms with Gasteiger partial charge in [0.15, 0.2) is 5.69 Å². The Bertz CT molecular complexity index is 1550. The maximum atomic E-state index is 14.4. The minimum atomic E-state index is -2.97. The fourth-order valence-corrected chi connectivity index (χ4v) is 6.25. The van der Waals surface area contributed by atoms with E-state index in [4.69, 9.17) is 20.6 Å². The van der Waals surface area contributed by atoms with E-state index < -0.39 is 18.0 Å². The van der Waals surface area contributed by atoms with E-state index in [-0.39, 0.29) is 35.6 Å². The van der Waals surface area contributed by atoms with E-state index in [9.17, 15) is 18.3 Å². The van der Waals surface area contributed by atoms with Crippen molar-refractivity contribution < 1.29 is 32.3 Å². The number of aliphatic hydroxyl groups is 1. The van der Waals surface area contributed by atoms with Gasteiger partial charge in [0.1, 0.15) is 39.1 Å². The van der Waals surface area contributed by atoms with Crippen LogP contribution in [0, 0.1) is 12.4 Å². The number of para-hydroxylation sites is 1. The fraction of sp³-hybridized carbons (Fsp3) is 0.393. The van der Waals surface area contributed by atoms with Crippen LogP contribution in [0.4, 0.5) is 18.9 Å². The molecule has 2 fully saturated rings. The molecule has 0 unspecified atom stereocenters. The van der Waals surface area contributed by atoms with Crippen LogP contribution in [0.2, 0.25) is 0 Å². The molecule has 0 saturated heterocycles. The second kappa shape index (κ2) is 10.3. The standard InChI is InChI=1S/C28H24F3N3O4S/c1-32-16-12-20(29)24-22(13-16)39-26(33-24)28(35)10-8-17(9-11-28)36-14-19-23(34-38-25(19)15-6-7-15)18-4-2-3-5-21(18)37-27(30)31/h2-5,12-13,15,17,27,35H,6-11,14H2. The van der Waals surface area contributed by atoms with Gasteiger partial charge < -0.3 is 19.1 Å². The third-order valence-electron chi connectivity index (χ3n) is 7.31. The number of hydrogen-bond donors (Lipinski definition) is 1. The van der Waals surface area contributed by atoms with Crippen molar-refractivity contribution in [2.24, 2.45) is 0 Å². The number of alkyl halides is 2. The Morgan fingerprint density at radius 2 is 1.95 bits per heavy atom. The smallest absolute Gasteiger partial charge is 0.387 e. The lowest BCUT2D eigenvalue weighted by molar-refractivity contribution is -0.0641. The molecule has 0 atom stereocenters. The Morgan fingerprint density at radius 1 is 1.18 bits per heavy atom. The molecule has 4 aromatic rings. The number of halogens is 3.